The predicted octanol–water partition coefficient (Wildman–Crippen LogP) is 28.2. The van der Waals surface area contributed by atoms with Crippen LogP contribution in [-0.2, 0) is 14.3 Å². The molecule has 6 heteroatoms. The molecule has 0 saturated carbocycles. The summed E-state index contributed by atoms with van der Waals surface area (Å²) in [5, 5.41) is 23.5. The average Bonchev–Trinajstić information content (AvgIpc) is 3.60. The van der Waals surface area contributed by atoms with E-state index in [1.807, 2.05) is 0 Å². The smallest absolute Gasteiger partial charge is 0.305 e. The normalized spacial score (nSPS) is 12.4. The summed E-state index contributed by atoms with van der Waals surface area (Å²) in [6.07, 6.45) is 103. The molecule has 1 amide bonds. The van der Waals surface area contributed by atoms with E-state index in [9.17, 15) is 19.8 Å². The van der Waals surface area contributed by atoms with Crippen molar-refractivity contribution in [1.82, 2.24) is 5.32 Å². The Morgan fingerprint density at radius 1 is 0.297 bits per heavy atom. The molecule has 0 spiro atoms. The molecule has 0 rings (SSSR count). The van der Waals surface area contributed by atoms with Crippen LogP contribution in [0.1, 0.15) is 495 Å². The van der Waals surface area contributed by atoms with Crippen LogP contribution >= 0.6 is 0 Å². The van der Waals surface area contributed by atoms with Crippen LogP contribution < -0.4 is 5.32 Å². The molecule has 2 unspecified atom stereocenters. The largest absolute Gasteiger partial charge is 0.466 e. The van der Waals surface area contributed by atoms with Crippen molar-refractivity contribution in [3.05, 3.63) is 12.2 Å². The number of hydrogen-bond donors (Lipinski definition) is 3. The highest BCUT2D eigenvalue weighted by Crippen LogP contribution is 2.21. The van der Waals surface area contributed by atoms with E-state index >= 15 is 0 Å². The van der Waals surface area contributed by atoms with Crippen LogP contribution in [0, 0.1) is 0 Å². The predicted molar refractivity (Wildman–Crippen MR) is 403 cm³/mol. The third-order valence-corrected chi connectivity index (χ3v) is 20.3. The first-order valence-electron chi connectivity index (χ1n) is 42.4. The Kier molecular flexibility index (Phi) is 79.8. The molecule has 0 aromatic heterocycles. The van der Waals surface area contributed by atoms with Gasteiger partial charge in [-0.2, -0.15) is 0 Å². The Labute approximate surface area is 571 Å². The van der Waals surface area contributed by atoms with Gasteiger partial charge in [0, 0.05) is 12.8 Å². The van der Waals surface area contributed by atoms with Crippen molar-refractivity contribution in [2.24, 2.45) is 0 Å². The number of aliphatic hydroxyl groups excluding tert-OH is 2. The fourth-order valence-electron chi connectivity index (χ4n) is 13.9. The van der Waals surface area contributed by atoms with Gasteiger partial charge in [0.25, 0.3) is 0 Å². The maximum atomic E-state index is 12.6. The third-order valence-electron chi connectivity index (χ3n) is 20.3. The SMILES string of the molecule is CCCCCCCCCCCCCCCCCCCCCCCCCCC(O)C(CO)NC(=O)CCCCCCCCCCCCCCCCC/C=C\CCCCCCCCCCCCCCOC(=O)CCCCCCCCCCCCCCCCCCCCC. The molecule has 0 fully saturated rings. The highest BCUT2D eigenvalue weighted by molar-refractivity contribution is 5.76. The Morgan fingerprint density at radius 2 is 0.516 bits per heavy atom. The molecule has 3 N–H and O–H groups in total. The van der Waals surface area contributed by atoms with E-state index in [0.717, 1.165) is 38.5 Å². The van der Waals surface area contributed by atoms with Crippen molar-refractivity contribution >= 4 is 11.9 Å². The zero-order chi connectivity index (χ0) is 65.6. The second kappa shape index (κ2) is 81.0. The maximum absolute atomic E-state index is 12.6. The van der Waals surface area contributed by atoms with E-state index in [4.69, 9.17) is 4.74 Å². The van der Waals surface area contributed by atoms with Gasteiger partial charge >= 0.3 is 5.97 Å². The molecule has 0 aromatic rings. The summed E-state index contributed by atoms with van der Waals surface area (Å²) >= 11 is 0. The van der Waals surface area contributed by atoms with E-state index in [2.05, 4.69) is 31.3 Å². The number of unbranched alkanes of at least 4 members (excludes halogenated alkanes) is 68. The van der Waals surface area contributed by atoms with Gasteiger partial charge in [-0.3, -0.25) is 9.59 Å². The highest BCUT2D eigenvalue weighted by Gasteiger charge is 2.20. The molecule has 2 atom stereocenters. The number of rotatable bonds is 81. The molecule has 0 aliphatic rings. The fraction of sp³-hybridized carbons (Fsp3) is 0.953. The summed E-state index contributed by atoms with van der Waals surface area (Å²) in [6.45, 7) is 5.02. The zero-order valence-corrected chi connectivity index (χ0v) is 62.4. The van der Waals surface area contributed by atoms with Gasteiger partial charge in [-0.25, -0.2) is 0 Å². The quantitative estimate of drug-likeness (QED) is 0.0320. The molecule has 0 bridgehead atoms. The molecule has 542 valence electrons. The number of hydrogen-bond acceptors (Lipinski definition) is 5. The minimum Gasteiger partial charge on any atom is -0.466 e. The summed E-state index contributed by atoms with van der Waals surface area (Å²) in [6, 6.07) is -0.541. The van der Waals surface area contributed by atoms with Crippen LogP contribution in [0.15, 0.2) is 12.2 Å². The van der Waals surface area contributed by atoms with Crippen LogP contribution in [-0.4, -0.2) is 47.4 Å². The van der Waals surface area contributed by atoms with Crippen LogP contribution in [0.5, 0.6) is 0 Å². The summed E-state index contributed by atoms with van der Waals surface area (Å²) in [4.78, 5) is 24.7. The first-order chi connectivity index (χ1) is 45.0. The lowest BCUT2D eigenvalue weighted by molar-refractivity contribution is -0.143. The zero-order valence-electron chi connectivity index (χ0n) is 62.4. The molecular formula is C85H167NO5. The number of amides is 1. The van der Waals surface area contributed by atoms with Gasteiger partial charge in [-0.1, -0.05) is 443 Å². The van der Waals surface area contributed by atoms with Gasteiger partial charge in [-0.05, 0) is 51.4 Å². The molecular weight excluding hydrogens is 1110 g/mol. The lowest BCUT2D eigenvalue weighted by Crippen LogP contribution is -2.45. The Bertz CT molecular complexity index is 1380. The van der Waals surface area contributed by atoms with Crippen molar-refractivity contribution in [3.8, 4) is 0 Å². The van der Waals surface area contributed by atoms with Crippen molar-refractivity contribution in [1.29, 1.82) is 0 Å². The minimum atomic E-state index is -0.664. The summed E-state index contributed by atoms with van der Waals surface area (Å²) < 4.78 is 5.52. The summed E-state index contributed by atoms with van der Waals surface area (Å²) in [5.74, 6) is -0.00227. The van der Waals surface area contributed by atoms with E-state index < -0.39 is 12.1 Å². The number of allylic oxidation sites excluding steroid dienone is 2. The second-order valence-electron chi connectivity index (χ2n) is 29.5. The highest BCUT2D eigenvalue weighted by atomic mass is 16.5. The minimum absolute atomic E-state index is 0.0241. The molecule has 0 aromatic carbocycles. The fourth-order valence-corrected chi connectivity index (χ4v) is 13.9. The number of carbonyl (C=O) groups is 2. The van der Waals surface area contributed by atoms with Crippen LogP contribution in [0.3, 0.4) is 0 Å². The number of nitrogens with one attached hydrogen (secondary N) is 1. The molecule has 0 heterocycles. The average molecular weight is 1280 g/mol. The molecule has 0 radical (unpaired) electrons. The molecule has 0 aliphatic carbocycles. The first kappa shape index (κ1) is 89.6. The van der Waals surface area contributed by atoms with Crippen molar-refractivity contribution < 1.29 is 24.5 Å². The maximum Gasteiger partial charge on any atom is 0.305 e. The van der Waals surface area contributed by atoms with E-state index in [0.29, 0.717) is 25.9 Å². The topological polar surface area (TPSA) is 95.9 Å². The summed E-state index contributed by atoms with van der Waals surface area (Å²) in [5.41, 5.74) is 0. The number of aliphatic hydroxyl groups is 2. The molecule has 6 nitrogen and oxygen atoms in total. The standard InChI is InChI=1S/C85H167NO5/c1-3-5-7-9-11-13-15-17-19-21-23-24-25-35-38-42-45-49-53-57-61-65-69-73-77-83(88)82(81-87)86-84(89)78-74-70-66-62-58-54-50-46-43-39-36-33-31-29-27-26-28-30-32-34-37-40-44-48-52-56-60-64-68-72-76-80-91-85(90)79-75-71-67-63-59-55-51-47-41-22-20-18-16-14-12-10-8-6-4-2/h28,30,82-83,87-88H,3-27,29,31-81H2,1-2H3,(H,86,89)/b30-28-. The van der Waals surface area contributed by atoms with Crippen LogP contribution in [0.2, 0.25) is 0 Å². The van der Waals surface area contributed by atoms with Gasteiger partial charge in [0.15, 0.2) is 0 Å². The number of esters is 1. The lowest BCUT2D eigenvalue weighted by atomic mass is 10.0. The Balaban J connectivity index is 3.34. The first-order valence-corrected chi connectivity index (χ1v) is 42.4. The van der Waals surface area contributed by atoms with E-state index in [1.54, 1.807) is 0 Å². The summed E-state index contributed by atoms with van der Waals surface area (Å²) in [7, 11) is 0. The Hall–Kier alpha value is -1.40. The van der Waals surface area contributed by atoms with Gasteiger partial charge in [-0.15, -0.1) is 0 Å². The Morgan fingerprint density at radius 3 is 0.780 bits per heavy atom. The van der Waals surface area contributed by atoms with Crippen LogP contribution in [0.4, 0.5) is 0 Å². The number of carbonyl (C=O) groups excluding carboxylic acids is 2. The monoisotopic (exact) mass is 1280 g/mol. The second-order valence-corrected chi connectivity index (χ2v) is 29.5. The van der Waals surface area contributed by atoms with Gasteiger partial charge in [0.1, 0.15) is 0 Å². The molecule has 91 heavy (non-hydrogen) atoms. The van der Waals surface area contributed by atoms with Gasteiger partial charge < -0.3 is 20.3 Å². The van der Waals surface area contributed by atoms with Crippen molar-refractivity contribution in [3.63, 3.8) is 0 Å². The van der Waals surface area contributed by atoms with Crippen LogP contribution in [0.25, 0.3) is 0 Å². The van der Waals surface area contributed by atoms with Gasteiger partial charge in [0.2, 0.25) is 5.91 Å². The third kappa shape index (κ3) is 77.5. The lowest BCUT2D eigenvalue weighted by Gasteiger charge is -2.22. The van der Waals surface area contributed by atoms with E-state index in [1.165, 1.54) is 424 Å². The molecule has 0 saturated heterocycles. The molecule has 0 aliphatic heterocycles. The van der Waals surface area contributed by atoms with Crippen molar-refractivity contribution in [2.45, 2.75) is 508 Å². The van der Waals surface area contributed by atoms with E-state index in [-0.39, 0.29) is 18.5 Å². The van der Waals surface area contributed by atoms with Crippen molar-refractivity contribution in [2.75, 3.05) is 13.2 Å². The van der Waals surface area contributed by atoms with Gasteiger partial charge in [0.05, 0.1) is 25.4 Å². The number of ether oxygens (including phenoxy) is 1.